The first-order valence-corrected chi connectivity index (χ1v) is 6.04. The van der Waals surface area contributed by atoms with E-state index in [2.05, 4.69) is 20.4 Å². The van der Waals surface area contributed by atoms with Gasteiger partial charge in [-0.05, 0) is 20.8 Å². The summed E-state index contributed by atoms with van der Waals surface area (Å²) in [6, 6.07) is 0. The maximum atomic E-state index is 12.2. The highest BCUT2D eigenvalue weighted by molar-refractivity contribution is 5.31. The van der Waals surface area contributed by atoms with Crippen molar-refractivity contribution in [2.75, 3.05) is 5.32 Å². The van der Waals surface area contributed by atoms with Gasteiger partial charge in [0.2, 0.25) is 0 Å². The molecule has 2 aromatic heterocycles. The Morgan fingerprint density at radius 1 is 1.32 bits per heavy atom. The van der Waals surface area contributed by atoms with Crippen LogP contribution in [0, 0.1) is 0 Å². The van der Waals surface area contributed by atoms with Crippen molar-refractivity contribution in [1.82, 2.24) is 24.3 Å². The minimum Gasteiger partial charge on any atom is -0.358 e. The summed E-state index contributed by atoms with van der Waals surface area (Å²) < 4.78 is 3.26. The van der Waals surface area contributed by atoms with Crippen LogP contribution in [0.5, 0.6) is 0 Å². The Bertz CT molecular complexity index is 622. The third kappa shape index (κ3) is 2.98. The second-order valence-electron chi connectivity index (χ2n) is 5.31. The minimum absolute atomic E-state index is 0.147. The second-order valence-corrected chi connectivity index (χ2v) is 5.31. The van der Waals surface area contributed by atoms with E-state index in [9.17, 15) is 4.79 Å². The zero-order chi connectivity index (χ0) is 14.0. The summed E-state index contributed by atoms with van der Waals surface area (Å²) in [5.74, 6) is 0.930. The van der Waals surface area contributed by atoms with Crippen molar-refractivity contribution < 1.29 is 0 Å². The van der Waals surface area contributed by atoms with Gasteiger partial charge < -0.3 is 9.88 Å². The molecule has 0 saturated carbocycles. The van der Waals surface area contributed by atoms with Crippen LogP contribution in [0.2, 0.25) is 0 Å². The third-order valence-corrected chi connectivity index (χ3v) is 2.62. The number of aryl methyl sites for hydroxylation is 1. The zero-order valence-corrected chi connectivity index (χ0v) is 11.6. The lowest BCUT2D eigenvalue weighted by Gasteiger charge is -2.22. The summed E-state index contributed by atoms with van der Waals surface area (Å²) in [6.45, 7) is 6.28. The van der Waals surface area contributed by atoms with Gasteiger partial charge in [0.25, 0.3) is 5.56 Å². The number of nitrogens with one attached hydrogen (secondary N) is 1. The fourth-order valence-corrected chi connectivity index (χ4v) is 1.69. The van der Waals surface area contributed by atoms with Crippen molar-refractivity contribution in [2.24, 2.45) is 7.05 Å². The molecule has 0 radical (unpaired) electrons. The van der Waals surface area contributed by atoms with E-state index in [1.807, 2.05) is 20.8 Å². The van der Waals surface area contributed by atoms with Crippen molar-refractivity contribution in [3.8, 4) is 0 Å². The number of nitrogens with zero attached hydrogens (tertiary/aromatic N) is 5. The Morgan fingerprint density at radius 3 is 2.63 bits per heavy atom. The maximum absolute atomic E-state index is 12.2. The van der Waals surface area contributed by atoms with Crippen LogP contribution in [-0.2, 0) is 19.1 Å². The van der Waals surface area contributed by atoms with Crippen LogP contribution in [0.15, 0.2) is 23.5 Å². The molecule has 0 amide bonds. The highest BCUT2D eigenvalue weighted by atomic mass is 16.1. The predicted molar refractivity (Wildman–Crippen MR) is 71.8 cm³/mol. The van der Waals surface area contributed by atoms with E-state index in [0.29, 0.717) is 18.2 Å². The van der Waals surface area contributed by atoms with Crippen LogP contribution >= 0.6 is 0 Å². The molecule has 0 aromatic carbocycles. The van der Waals surface area contributed by atoms with Gasteiger partial charge in [-0.15, -0.1) is 0 Å². The Morgan fingerprint density at radius 2 is 2.05 bits per heavy atom. The molecule has 2 rings (SSSR count). The molecule has 1 N–H and O–H groups in total. The van der Waals surface area contributed by atoms with Gasteiger partial charge in [0.05, 0.1) is 6.54 Å². The number of anilines is 1. The number of hydrogen-bond donors (Lipinski definition) is 1. The average Bonchev–Trinajstić information content (AvgIpc) is 2.72. The molecule has 0 atom stereocenters. The lowest BCUT2D eigenvalue weighted by atomic mass is 10.1. The third-order valence-electron chi connectivity index (χ3n) is 2.62. The molecule has 102 valence electrons. The van der Waals surface area contributed by atoms with E-state index >= 15 is 0 Å². The van der Waals surface area contributed by atoms with Crippen LogP contribution in [0.3, 0.4) is 0 Å². The normalized spacial score (nSPS) is 11.6. The summed E-state index contributed by atoms with van der Waals surface area (Å²) in [6.07, 6.45) is 4.91. The Kier molecular flexibility index (Phi) is 3.37. The molecule has 0 fully saturated rings. The fourth-order valence-electron chi connectivity index (χ4n) is 1.69. The fraction of sp³-hybridized carbons (Fsp3) is 0.500. The molecule has 0 bridgehead atoms. The first kappa shape index (κ1) is 13.3. The van der Waals surface area contributed by atoms with Gasteiger partial charge in [-0.3, -0.25) is 9.48 Å². The molecule has 2 heterocycles. The number of hydrogen-bond acceptors (Lipinski definition) is 5. The van der Waals surface area contributed by atoms with Crippen molar-refractivity contribution >= 4 is 5.82 Å². The van der Waals surface area contributed by atoms with E-state index < -0.39 is 0 Å². The number of rotatable bonds is 3. The summed E-state index contributed by atoms with van der Waals surface area (Å²) in [7, 11) is 1.80. The first-order valence-electron chi connectivity index (χ1n) is 6.04. The van der Waals surface area contributed by atoms with E-state index in [0.717, 1.165) is 0 Å². The van der Waals surface area contributed by atoms with E-state index in [1.54, 1.807) is 35.0 Å². The molecule has 7 heteroatoms. The van der Waals surface area contributed by atoms with Gasteiger partial charge in [0, 0.05) is 25.0 Å². The maximum Gasteiger partial charge on any atom is 0.293 e. The van der Waals surface area contributed by atoms with E-state index in [1.165, 1.54) is 0 Å². The van der Waals surface area contributed by atoms with Gasteiger partial charge in [0.1, 0.15) is 6.33 Å². The van der Waals surface area contributed by atoms with Gasteiger partial charge in [-0.1, -0.05) is 0 Å². The highest BCUT2D eigenvalue weighted by Crippen LogP contribution is 2.10. The molecule has 0 saturated heterocycles. The summed E-state index contributed by atoms with van der Waals surface area (Å²) in [5.41, 5.74) is -0.425. The van der Waals surface area contributed by atoms with Crippen LogP contribution in [0.4, 0.5) is 5.82 Å². The van der Waals surface area contributed by atoms with Gasteiger partial charge in [0.15, 0.2) is 11.6 Å². The monoisotopic (exact) mass is 262 g/mol. The summed E-state index contributed by atoms with van der Waals surface area (Å²) in [5, 5.41) is 7.11. The molecule has 0 unspecified atom stereocenters. The SMILES string of the molecule is Cn1cnc(CNc2nccn(C(C)(C)C)c2=O)n1. The molecule has 0 aliphatic rings. The molecule has 0 spiro atoms. The Balaban J connectivity index is 2.20. The molecule has 7 nitrogen and oxygen atoms in total. The van der Waals surface area contributed by atoms with Crippen LogP contribution < -0.4 is 10.9 Å². The molecular formula is C12H18N6O. The Hall–Kier alpha value is -2.18. The van der Waals surface area contributed by atoms with Crippen LogP contribution in [0.25, 0.3) is 0 Å². The molecule has 19 heavy (non-hydrogen) atoms. The van der Waals surface area contributed by atoms with Crippen molar-refractivity contribution in [1.29, 1.82) is 0 Å². The number of aromatic nitrogens is 5. The topological polar surface area (TPSA) is 77.6 Å². The quantitative estimate of drug-likeness (QED) is 0.882. The lowest BCUT2D eigenvalue weighted by molar-refractivity contribution is 0.383. The average molecular weight is 262 g/mol. The van der Waals surface area contributed by atoms with E-state index in [4.69, 9.17) is 0 Å². The zero-order valence-electron chi connectivity index (χ0n) is 11.6. The van der Waals surface area contributed by atoms with Crippen LogP contribution in [0.1, 0.15) is 26.6 Å². The second kappa shape index (κ2) is 4.83. The smallest absolute Gasteiger partial charge is 0.293 e. The molecule has 2 aromatic rings. The largest absolute Gasteiger partial charge is 0.358 e. The van der Waals surface area contributed by atoms with Gasteiger partial charge in [-0.25, -0.2) is 9.97 Å². The molecular weight excluding hydrogens is 244 g/mol. The summed E-state index contributed by atoms with van der Waals surface area (Å²) in [4.78, 5) is 20.4. The molecule has 0 aliphatic carbocycles. The van der Waals surface area contributed by atoms with Crippen molar-refractivity contribution in [2.45, 2.75) is 32.9 Å². The molecule has 0 aliphatic heterocycles. The Labute approximate surface area is 111 Å². The van der Waals surface area contributed by atoms with Crippen molar-refractivity contribution in [3.63, 3.8) is 0 Å². The standard InChI is InChI=1S/C12H18N6O/c1-12(2,3)18-6-5-13-10(11(18)19)14-7-9-15-8-17(4)16-9/h5-6,8H,7H2,1-4H3,(H,13,14). The van der Waals surface area contributed by atoms with Crippen LogP contribution in [-0.4, -0.2) is 24.3 Å². The minimum atomic E-state index is -0.278. The highest BCUT2D eigenvalue weighted by Gasteiger charge is 2.16. The first-order chi connectivity index (χ1) is 8.88. The lowest BCUT2D eigenvalue weighted by Crippen LogP contribution is -2.35. The summed E-state index contributed by atoms with van der Waals surface area (Å²) >= 11 is 0. The van der Waals surface area contributed by atoms with E-state index in [-0.39, 0.29) is 11.1 Å². The van der Waals surface area contributed by atoms with Crippen molar-refractivity contribution in [3.05, 3.63) is 34.9 Å². The van der Waals surface area contributed by atoms with Gasteiger partial charge in [-0.2, -0.15) is 5.10 Å². The van der Waals surface area contributed by atoms with Gasteiger partial charge >= 0.3 is 0 Å². The predicted octanol–water partition coefficient (Wildman–Crippen LogP) is 0.739.